The number of carbonyl (C=O) groups excluding carboxylic acids is 1. The van der Waals surface area contributed by atoms with E-state index in [1.165, 1.54) is 0 Å². The molecule has 0 fully saturated rings. The molecule has 0 aliphatic rings. The Morgan fingerprint density at radius 2 is 1.33 bits per heavy atom. The van der Waals surface area contributed by atoms with E-state index in [1.54, 1.807) is 0 Å². The molecule has 190 valence electrons. The minimum Gasteiger partial charge on any atom is -0.481 e. The SMILES string of the molecule is C[C@H](c1ccccc1)N(Cc1ccccc1)[C@H](c1ccccc1)[C@H](CCC(=O)O)C(=O)OC(C)(C)C. The number of ether oxygens (including phenoxy) is 1. The van der Waals surface area contributed by atoms with Crippen molar-refractivity contribution in [1.29, 1.82) is 0 Å². The van der Waals surface area contributed by atoms with Crippen LogP contribution in [0, 0.1) is 5.92 Å². The van der Waals surface area contributed by atoms with Crippen LogP contribution < -0.4 is 0 Å². The lowest BCUT2D eigenvalue weighted by Crippen LogP contribution is -2.41. The maximum Gasteiger partial charge on any atom is 0.311 e. The molecule has 1 N–H and O–H groups in total. The number of benzene rings is 3. The Hall–Kier alpha value is -3.44. The topological polar surface area (TPSA) is 66.8 Å². The molecule has 0 unspecified atom stereocenters. The minimum absolute atomic E-state index is 0.0497. The summed E-state index contributed by atoms with van der Waals surface area (Å²) in [4.78, 5) is 27.6. The van der Waals surface area contributed by atoms with E-state index < -0.39 is 23.5 Å². The molecule has 0 aliphatic carbocycles. The molecule has 0 saturated carbocycles. The van der Waals surface area contributed by atoms with E-state index in [0.29, 0.717) is 6.54 Å². The summed E-state index contributed by atoms with van der Waals surface area (Å²) in [7, 11) is 0. The number of nitrogens with zero attached hydrogens (tertiary/aromatic N) is 1. The Labute approximate surface area is 214 Å². The third kappa shape index (κ3) is 7.79. The van der Waals surface area contributed by atoms with E-state index >= 15 is 0 Å². The van der Waals surface area contributed by atoms with Gasteiger partial charge >= 0.3 is 11.9 Å². The van der Waals surface area contributed by atoms with Crippen molar-refractivity contribution < 1.29 is 19.4 Å². The van der Waals surface area contributed by atoms with E-state index in [2.05, 4.69) is 36.1 Å². The summed E-state index contributed by atoms with van der Waals surface area (Å²) in [5.41, 5.74) is 2.50. The lowest BCUT2D eigenvalue weighted by molar-refractivity contribution is -0.164. The van der Waals surface area contributed by atoms with E-state index in [4.69, 9.17) is 4.74 Å². The second-order valence-electron chi connectivity index (χ2n) is 10.2. The van der Waals surface area contributed by atoms with Crippen LogP contribution in [0.2, 0.25) is 0 Å². The molecule has 0 aromatic heterocycles. The highest BCUT2D eigenvalue weighted by molar-refractivity contribution is 5.75. The molecule has 0 spiro atoms. The summed E-state index contributed by atoms with van der Waals surface area (Å²) >= 11 is 0. The van der Waals surface area contributed by atoms with Gasteiger partial charge in [0.05, 0.1) is 5.92 Å². The fourth-order valence-electron chi connectivity index (χ4n) is 4.56. The number of carboxylic acids is 1. The van der Waals surface area contributed by atoms with E-state index in [0.717, 1.165) is 16.7 Å². The van der Waals surface area contributed by atoms with Crippen molar-refractivity contribution in [3.05, 3.63) is 108 Å². The highest BCUT2D eigenvalue weighted by Crippen LogP contribution is 2.40. The summed E-state index contributed by atoms with van der Waals surface area (Å²) in [6, 6.07) is 29.8. The van der Waals surface area contributed by atoms with E-state index in [9.17, 15) is 14.7 Å². The highest BCUT2D eigenvalue weighted by Gasteiger charge is 2.39. The maximum absolute atomic E-state index is 13.7. The fraction of sp³-hybridized carbons (Fsp3) is 0.355. The normalized spacial score (nSPS) is 14.1. The van der Waals surface area contributed by atoms with Crippen molar-refractivity contribution in [2.45, 2.75) is 64.8 Å². The van der Waals surface area contributed by atoms with Gasteiger partial charge in [-0.2, -0.15) is 0 Å². The van der Waals surface area contributed by atoms with Crippen LogP contribution in [0.25, 0.3) is 0 Å². The van der Waals surface area contributed by atoms with Gasteiger partial charge in [0.15, 0.2) is 0 Å². The van der Waals surface area contributed by atoms with Gasteiger partial charge in [-0.25, -0.2) is 0 Å². The smallest absolute Gasteiger partial charge is 0.311 e. The van der Waals surface area contributed by atoms with Gasteiger partial charge in [-0.1, -0.05) is 91.0 Å². The quantitative estimate of drug-likeness (QED) is 0.301. The Balaban J connectivity index is 2.15. The lowest BCUT2D eigenvalue weighted by Gasteiger charge is -2.41. The van der Waals surface area contributed by atoms with Gasteiger partial charge in [-0.15, -0.1) is 0 Å². The largest absolute Gasteiger partial charge is 0.481 e. The third-order valence-corrected chi connectivity index (χ3v) is 6.25. The van der Waals surface area contributed by atoms with Crippen molar-refractivity contribution in [2.75, 3.05) is 0 Å². The van der Waals surface area contributed by atoms with E-state index in [1.807, 2.05) is 87.5 Å². The monoisotopic (exact) mass is 487 g/mol. The lowest BCUT2D eigenvalue weighted by atomic mass is 9.85. The first-order valence-electron chi connectivity index (χ1n) is 12.5. The molecule has 3 atom stereocenters. The van der Waals surface area contributed by atoms with Gasteiger partial charge in [0.25, 0.3) is 0 Å². The zero-order chi connectivity index (χ0) is 26.1. The number of carboxylic acid groups (broad SMARTS) is 1. The number of rotatable bonds is 11. The van der Waals surface area contributed by atoms with Crippen LogP contribution in [0.3, 0.4) is 0 Å². The summed E-state index contributed by atoms with van der Waals surface area (Å²) in [5.74, 6) is -1.98. The Bertz CT molecular complexity index is 1090. The first kappa shape index (κ1) is 27.2. The number of hydrogen-bond donors (Lipinski definition) is 1. The van der Waals surface area contributed by atoms with Gasteiger partial charge < -0.3 is 9.84 Å². The standard InChI is InChI=1S/C31H37NO4/c1-23(25-16-10-6-11-17-25)32(22-24-14-8-5-9-15-24)29(26-18-12-7-13-19-26)27(20-21-28(33)34)30(35)36-31(2,3)4/h5-19,23,27,29H,20-22H2,1-4H3,(H,33,34)/t23-,27+,29-/m1/s1. The zero-order valence-corrected chi connectivity index (χ0v) is 21.6. The molecule has 3 aromatic rings. The molecule has 36 heavy (non-hydrogen) atoms. The van der Waals surface area contributed by atoms with Gasteiger partial charge in [0, 0.05) is 25.0 Å². The van der Waals surface area contributed by atoms with Crippen molar-refractivity contribution >= 4 is 11.9 Å². The van der Waals surface area contributed by atoms with Crippen LogP contribution in [-0.2, 0) is 20.9 Å². The second kappa shape index (κ2) is 12.5. The van der Waals surface area contributed by atoms with Crippen LogP contribution in [0.1, 0.15) is 69.3 Å². The van der Waals surface area contributed by atoms with Crippen molar-refractivity contribution in [3.63, 3.8) is 0 Å². The minimum atomic E-state index is -0.930. The molecular weight excluding hydrogens is 450 g/mol. The van der Waals surface area contributed by atoms with Crippen molar-refractivity contribution in [1.82, 2.24) is 4.90 Å². The number of carbonyl (C=O) groups is 2. The molecule has 5 heteroatoms. The Morgan fingerprint density at radius 1 is 0.833 bits per heavy atom. The molecule has 0 saturated heterocycles. The molecule has 0 aliphatic heterocycles. The molecule has 0 heterocycles. The molecule has 3 rings (SSSR count). The fourth-order valence-corrected chi connectivity index (χ4v) is 4.56. The van der Waals surface area contributed by atoms with Crippen molar-refractivity contribution in [2.24, 2.45) is 5.92 Å². The van der Waals surface area contributed by atoms with Gasteiger partial charge in [0.1, 0.15) is 5.60 Å². The first-order chi connectivity index (χ1) is 17.2. The average Bonchev–Trinajstić information content (AvgIpc) is 2.85. The van der Waals surface area contributed by atoms with Crippen LogP contribution in [-0.4, -0.2) is 27.5 Å². The Morgan fingerprint density at radius 3 is 1.83 bits per heavy atom. The third-order valence-electron chi connectivity index (χ3n) is 6.25. The predicted octanol–water partition coefficient (Wildman–Crippen LogP) is 6.81. The van der Waals surface area contributed by atoms with Gasteiger partial charge in [-0.05, 0) is 50.8 Å². The Kier molecular flexibility index (Phi) is 9.43. The summed E-state index contributed by atoms with van der Waals surface area (Å²) in [6.07, 6.45) is 0.0583. The van der Waals surface area contributed by atoms with Gasteiger partial charge in [-0.3, -0.25) is 14.5 Å². The number of hydrogen-bond acceptors (Lipinski definition) is 4. The van der Waals surface area contributed by atoms with Crippen LogP contribution in [0.15, 0.2) is 91.0 Å². The number of esters is 1. The highest BCUT2D eigenvalue weighted by atomic mass is 16.6. The zero-order valence-electron chi connectivity index (χ0n) is 21.6. The maximum atomic E-state index is 13.7. The predicted molar refractivity (Wildman–Crippen MR) is 142 cm³/mol. The van der Waals surface area contributed by atoms with Gasteiger partial charge in [0.2, 0.25) is 0 Å². The van der Waals surface area contributed by atoms with Crippen LogP contribution in [0.4, 0.5) is 0 Å². The van der Waals surface area contributed by atoms with Crippen LogP contribution >= 0.6 is 0 Å². The second-order valence-corrected chi connectivity index (χ2v) is 10.2. The number of aliphatic carboxylic acids is 1. The molecule has 0 radical (unpaired) electrons. The summed E-state index contributed by atoms with van der Waals surface area (Å²) < 4.78 is 5.86. The summed E-state index contributed by atoms with van der Waals surface area (Å²) in [5, 5.41) is 9.52. The molecule has 5 nitrogen and oxygen atoms in total. The van der Waals surface area contributed by atoms with Crippen LogP contribution in [0.5, 0.6) is 0 Å². The molecular formula is C31H37NO4. The average molecular weight is 488 g/mol. The molecule has 0 amide bonds. The van der Waals surface area contributed by atoms with E-state index in [-0.39, 0.29) is 24.9 Å². The summed E-state index contributed by atoms with van der Waals surface area (Å²) in [6.45, 7) is 8.24. The molecule has 0 bridgehead atoms. The first-order valence-corrected chi connectivity index (χ1v) is 12.5. The van der Waals surface area contributed by atoms with Crippen molar-refractivity contribution in [3.8, 4) is 0 Å². The molecule has 3 aromatic carbocycles.